The molecule has 4 rings (SSSR count). The van der Waals surface area contributed by atoms with Crippen molar-refractivity contribution < 1.29 is 23.8 Å². The van der Waals surface area contributed by atoms with Gasteiger partial charge in [0, 0.05) is 27.4 Å². The van der Waals surface area contributed by atoms with E-state index in [9.17, 15) is 9.59 Å². The monoisotopic (exact) mass is 547 g/mol. The van der Waals surface area contributed by atoms with Crippen LogP contribution in [0.25, 0.3) is 6.08 Å². The number of rotatable bonds is 10. The minimum atomic E-state index is -0.638. The number of nitrogens with one attached hydrogen (secondary N) is 1. The predicted molar refractivity (Wildman–Crippen MR) is 149 cm³/mol. The molecule has 0 unspecified atom stereocenters. The number of ether oxygens (including phenoxy) is 3. The highest BCUT2D eigenvalue weighted by Crippen LogP contribution is 2.26. The van der Waals surface area contributed by atoms with Crippen LogP contribution in [0.2, 0.25) is 10.0 Å². The van der Waals surface area contributed by atoms with Crippen LogP contribution in [0.1, 0.15) is 11.1 Å². The maximum atomic E-state index is 12.1. The van der Waals surface area contributed by atoms with E-state index in [4.69, 9.17) is 37.4 Å². The molecule has 0 bridgehead atoms. The molecule has 0 aliphatic carbocycles. The van der Waals surface area contributed by atoms with Crippen molar-refractivity contribution in [2.45, 2.75) is 6.61 Å². The Labute approximate surface area is 230 Å². The first-order chi connectivity index (χ1) is 18.5. The summed E-state index contributed by atoms with van der Waals surface area (Å²) in [5, 5.41) is 3.75. The number of hydrogen-bond acceptors (Lipinski definition) is 5. The largest absolute Gasteiger partial charge is 0.489 e. The average Bonchev–Trinajstić information content (AvgIpc) is 2.93. The number of benzene rings is 4. The third kappa shape index (κ3) is 8.13. The van der Waals surface area contributed by atoms with E-state index >= 15 is 0 Å². The third-order valence-corrected chi connectivity index (χ3v) is 5.91. The molecule has 0 aliphatic heterocycles. The standard InChI is InChI=1S/C30H23Cl2NO5/c31-27-7-4-8-28(32)26(27)19-36-23-14-9-21(10-15-23)11-18-30(35)37-20-29(34)33-22-12-16-25(17-13-22)38-24-5-2-1-3-6-24/h1-18H,19-20H2,(H,33,34). The van der Waals surface area contributed by atoms with E-state index in [0.29, 0.717) is 38.5 Å². The van der Waals surface area contributed by atoms with Gasteiger partial charge in [0.1, 0.15) is 23.9 Å². The highest BCUT2D eigenvalue weighted by Gasteiger charge is 2.08. The Morgan fingerprint density at radius 1 is 0.737 bits per heavy atom. The molecule has 0 aliphatic rings. The van der Waals surface area contributed by atoms with Crippen LogP contribution in [0.4, 0.5) is 5.69 Å². The van der Waals surface area contributed by atoms with Gasteiger partial charge in [-0.1, -0.05) is 59.6 Å². The minimum absolute atomic E-state index is 0.230. The molecule has 0 atom stereocenters. The zero-order valence-corrected chi connectivity index (χ0v) is 21.6. The van der Waals surface area contributed by atoms with Crippen LogP contribution < -0.4 is 14.8 Å². The van der Waals surface area contributed by atoms with Crippen molar-refractivity contribution in [2.75, 3.05) is 11.9 Å². The first kappa shape index (κ1) is 26.8. The van der Waals surface area contributed by atoms with Gasteiger partial charge in [0.15, 0.2) is 6.61 Å². The van der Waals surface area contributed by atoms with Gasteiger partial charge in [-0.2, -0.15) is 0 Å². The van der Waals surface area contributed by atoms with Crippen LogP contribution in [0.15, 0.2) is 103 Å². The lowest BCUT2D eigenvalue weighted by Crippen LogP contribution is -2.20. The number of anilines is 1. The molecule has 4 aromatic rings. The molecule has 0 radical (unpaired) electrons. The molecule has 0 heterocycles. The number of carbonyl (C=O) groups is 2. The first-order valence-corrected chi connectivity index (χ1v) is 12.4. The van der Waals surface area contributed by atoms with E-state index in [0.717, 1.165) is 5.56 Å². The third-order valence-electron chi connectivity index (χ3n) is 5.20. The van der Waals surface area contributed by atoms with Gasteiger partial charge in [-0.25, -0.2) is 4.79 Å². The van der Waals surface area contributed by atoms with Gasteiger partial charge >= 0.3 is 5.97 Å². The summed E-state index contributed by atoms with van der Waals surface area (Å²) in [5.41, 5.74) is 2.02. The maximum absolute atomic E-state index is 12.1. The Morgan fingerprint density at radius 3 is 2.05 bits per heavy atom. The minimum Gasteiger partial charge on any atom is -0.489 e. The number of para-hydroxylation sites is 1. The van der Waals surface area contributed by atoms with Gasteiger partial charge in [0.05, 0.1) is 0 Å². The molecule has 0 fully saturated rings. The van der Waals surface area contributed by atoms with Crippen molar-refractivity contribution >= 4 is 46.8 Å². The van der Waals surface area contributed by atoms with Crippen molar-refractivity contribution in [1.82, 2.24) is 0 Å². The smallest absolute Gasteiger partial charge is 0.331 e. The summed E-state index contributed by atoms with van der Waals surface area (Å²) in [5.74, 6) is 0.878. The summed E-state index contributed by atoms with van der Waals surface area (Å²) < 4.78 is 16.5. The Kier molecular flexibility index (Phi) is 9.40. The van der Waals surface area contributed by atoms with E-state index in [1.165, 1.54) is 6.08 Å². The molecule has 38 heavy (non-hydrogen) atoms. The van der Waals surface area contributed by atoms with E-state index in [1.54, 1.807) is 72.8 Å². The highest BCUT2D eigenvalue weighted by atomic mass is 35.5. The molecule has 0 spiro atoms. The van der Waals surface area contributed by atoms with Crippen LogP contribution in [0.3, 0.4) is 0 Å². The molecule has 0 saturated carbocycles. The average molecular weight is 548 g/mol. The highest BCUT2D eigenvalue weighted by molar-refractivity contribution is 6.35. The summed E-state index contributed by atoms with van der Waals surface area (Å²) in [6.45, 7) is -0.184. The van der Waals surface area contributed by atoms with Crippen molar-refractivity contribution in [3.63, 3.8) is 0 Å². The molecule has 4 aromatic carbocycles. The quantitative estimate of drug-likeness (QED) is 0.164. The van der Waals surface area contributed by atoms with E-state index in [-0.39, 0.29) is 6.61 Å². The van der Waals surface area contributed by atoms with Crippen LogP contribution in [-0.4, -0.2) is 18.5 Å². The Bertz CT molecular complexity index is 1390. The lowest BCUT2D eigenvalue weighted by Gasteiger charge is -2.09. The molecule has 6 nitrogen and oxygen atoms in total. The predicted octanol–water partition coefficient (Wildman–Crippen LogP) is 7.56. The fraction of sp³-hybridized carbons (Fsp3) is 0.0667. The van der Waals surface area contributed by atoms with Crippen molar-refractivity contribution in [3.8, 4) is 17.2 Å². The Hall–Kier alpha value is -4.26. The van der Waals surface area contributed by atoms with E-state index in [1.807, 2.05) is 30.3 Å². The molecule has 1 N–H and O–H groups in total. The van der Waals surface area contributed by atoms with Gasteiger partial charge in [-0.3, -0.25) is 4.79 Å². The maximum Gasteiger partial charge on any atom is 0.331 e. The lowest BCUT2D eigenvalue weighted by atomic mass is 10.2. The van der Waals surface area contributed by atoms with Crippen molar-refractivity contribution in [2.24, 2.45) is 0 Å². The molecule has 0 aromatic heterocycles. The molecular weight excluding hydrogens is 525 g/mol. The van der Waals surface area contributed by atoms with Crippen molar-refractivity contribution in [3.05, 3.63) is 124 Å². The lowest BCUT2D eigenvalue weighted by molar-refractivity contribution is -0.142. The second-order valence-electron chi connectivity index (χ2n) is 7.99. The van der Waals surface area contributed by atoms with Gasteiger partial charge in [0.2, 0.25) is 0 Å². The molecule has 8 heteroatoms. The number of carbonyl (C=O) groups excluding carboxylic acids is 2. The number of amides is 1. The van der Waals surface area contributed by atoms with Crippen molar-refractivity contribution in [1.29, 1.82) is 0 Å². The Balaban J connectivity index is 1.19. The topological polar surface area (TPSA) is 73.9 Å². The normalized spacial score (nSPS) is 10.7. The summed E-state index contributed by atoms with van der Waals surface area (Å²) in [4.78, 5) is 24.2. The number of hydrogen-bond donors (Lipinski definition) is 1. The van der Waals surface area contributed by atoms with E-state index < -0.39 is 18.5 Å². The van der Waals surface area contributed by atoms with Crippen LogP contribution in [0.5, 0.6) is 17.2 Å². The zero-order valence-electron chi connectivity index (χ0n) is 20.1. The fourth-order valence-corrected chi connectivity index (χ4v) is 3.78. The SMILES string of the molecule is O=C(COC(=O)C=Cc1ccc(OCc2c(Cl)cccc2Cl)cc1)Nc1ccc(Oc2ccccc2)cc1. The van der Waals surface area contributed by atoms with Gasteiger partial charge < -0.3 is 19.5 Å². The molecule has 1 amide bonds. The summed E-state index contributed by atoms with van der Waals surface area (Å²) in [6, 6.07) is 28.6. The summed E-state index contributed by atoms with van der Waals surface area (Å²) in [6.07, 6.45) is 2.84. The van der Waals surface area contributed by atoms with Crippen LogP contribution in [-0.2, 0) is 20.9 Å². The number of esters is 1. The summed E-state index contributed by atoms with van der Waals surface area (Å²) >= 11 is 12.3. The molecular formula is C30H23Cl2NO5. The molecule has 0 saturated heterocycles. The molecule has 192 valence electrons. The zero-order chi connectivity index (χ0) is 26.7. The first-order valence-electron chi connectivity index (χ1n) is 11.6. The fourth-order valence-electron chi connectivity index (χ4n) is 3.28. The summed E-state index contributed by atoms with van der Waals surface area (Å²) in [7, 11) is 0. The van der Waals surface area contributed by atoms with Crippen LogP contribution >= 0.6 is 23.2 Å². The van der Waals surface area contributed by atoms with E-state index in [2.05, 4.69) is 5.32 Å². The Morgan fingerprint density at radius 2 is 1.37 bits per heavy atom. The second-order valence-corrected chi connectivity index (χ2v) is 8.80. The second kappa shape index (κ2) is 13.3. The van der Waals surface area contributed by atoms with Gasteiger partial charge in [-0.05, 0) is 72.3 Å². The van der Waals surface area contributed by atoms with Gasteiger partial charge in [0.25, 0.3) is 5.91 Å². The van der Waals surface area contributed by atoms with Crippen LogP contribution in [0, 0.1) is 0 Å². The van der Waals surface area contributed by atoms with Gasteiger partial charge in [-0.15, -0.1) is 0 Å². The number of halogens is 2.